The summed E-state index contributed by atoms with van der Waals surface area (Å²) in [5.74, 6) is 0.641. The fourth-order valence-electron chi connectivity index (χ4n) is 3.35. The average molecular weight is 425 g/mol. The van der Waals surface area contributed by atoms with Crippen molar-refractivity contribution in [2.75, 3.05) is 66.8 Å². The van der Waals surface area contributed by atoms with Crippen LogP contribution in [0.25, 0.3) is 0 Å². The van der Waals surface area contributed by atoms with E-state index in [0.29, 0.717) is 57.3 Å². The minimum absolute atomic E-state index is 0.0687. The number of β-amino-alcohol motifs (C(OH)–C–C–N with tert-alkyl or cyclic N) is 1. The van der Waals surface area contributed by atoms with Crippen molar-refractivity contribution in [3.8, 4) is 5.75 Å². The number of benzene rings is 1. The number of hydrogen-bond acceptors (Lipinski definition) is 7. The zero-order valence-corrected chi connectivity index (χ0v) is 18.6. The second kappa shape index (κ2) is 12.9. The molecule has 0 spiro atoms. The summed E-state index contributed by atoms with van der Waals surface area (Å²) in [6.45, 7) is 8.10. The van der Waals surface area contributed by atoms with Gasteiger partial charge < -0.3 is 29.0 Å². The van der Waals surface area contributed by atoms with Crippen LogP contribution in [-0.4, -0.2) is 106 Å². The van der Waals surface area contributed by atoms with E-state index in [-0.39, 0.29) is 18.1 Å². The third-order valence-electron chi connectivity index (χ3n) is 4.93. The summed E-state index contributed by atoms with van der Waals surface area (Å²) in [5.41, 5.74) is 0.598. The summed E-state index contributed by atoms with van der Waals surface area (Å²) in [5, 5.41) is 10.2. The molecule has 1 aliphatic heterocycles. The van der Waals surface area contributed by atoms with Gasteiger partial charge in [-0.25, -0.2) is 0 Å². The highest BCUT2D eigenvalue weighted by Crippen LogP contribution is 2.15. The van der Waals surface area contributed by atoms with Crippen LogP contribution in [0.5, 0.6) is 5.75 Å². The fourth-order valence-corrected chi connectivity index (χ4v) is 3.35. The smallest absolute Gasteiger partial charge is 0.254 e. The number of carbonyl (C=O) groups is 1. The first kappa shape index (κ1) is 24.6. The van der Waals surface area contributed by atoms with Gasteiger partial charge in [0.25, 0.3) is 5.91 Å². The lowest BCUT2D eigenvalue weighted by Crippen LogP contribution is -2.51. The van der Waals surface area contributed by atoms with Gasteiger partial charge >= 0.3 is 0 Å². The van der Waals surface area contributed by atoms with E-state index in [2.05, 4.69) is 4.90 Å². The predicted octanol–water partition coefficient (Wildman–Crippen LogP) is 1.27. The third-order valence-corrected chi connectivity index (χ3v) is 4.93. The van der Waals surface area contributed by atoms with Crippen LogP contribution < -0.4 is 4.74 Å². The van der Waals surface area contributed by atoms with E-state index in [1.807, 2.05) is 13.8 Å². The summed E-state index contributed by atoms with van der Waals surface area (Å²) in [7, 11) is 3.22. The van der Waals surface area contributed by atoms with Crippen LogP contribution in [0.4, 0.5) is 0 Å². The van der Waals surface area contributed by atoms with E-state index in [4.69, 9.17) is 18.9 Å². The Hall–Kier alpha value is -1.71. The Balaban J connectivity index is 1.94. The van der Waals surface area contributed by atoms with Gasteiger partial charge in [0.1, 0.15) is 5.75 Å². The monoisotopic (exact) mass is 424 g/mol. The van der Waals surface area contributed by atoms with E-state index in [9.17, 15) is 9.90 Å². The summed E-state index contributed by atoms with van der Waals surface area (Å²) in [6, 6.07) is 7.09. The molecule has 2 atom stereocenters. The highest BCUT2D eigenvalue weighted by molar-refractivity contribution is 5.94. The molecule has 1 aromatic rings. The molecule has 8 heteroatoms. The second-order valence-corrected chi connectivity index (χ2v) is 7.76. The minimum atomic E-state index is -0.545. The summed E-state index contributed by atoms with van der Waals surface area (Å²) in [4.78, 5) is 17.0. The highest BCUT2D eigenvalue weighted by Gasteiger charge is 2.26. The zero-order valence-electron chi connectivity index (χ0n) is 18.6. The Morgan fingerprint density at radius 1 is 1.30 bits per heavy atom. The van der Waals surface area contributed by atoms with Crippen LogP contribution in [0, 0.1) is 0 Å². The van der Waals surface area contributed by atoms with Crippen molar-refractivity contribution < 1.29 is 28.8 Å². The van der Waals surface area contributed by atoms with Crippen LogP contribution in [0.2, 0.25) is 0 Å². The molecule has 1 saturated heterocycles. The van der Waals surface area contributed by atoms with E-state index < -0.39 is 6.10 Å². The molecule has 1 amide bonds. The molecule has 30 heavy (non-hydrogen) atoms. The van der Waals surface area contributed by atoms with Crippen molar-refractivity contribution in [2.24, 2.45) is 0 Å². The molecule has 0 aromatic heterocycles. The van der Waals surface area contributed by atoms with Gasteiger partial charge in [0, 0.05) is 45.4 Å². The van der Waals surface area contributed by atoms with Crippen LogP contribution in [0.3, 0.4) is 0 Å². The van der Waals surface area contributed by atoms with Crippen molar-refractivity contribution >= 4 is 5.91 Å². The lowest BCUT2D eigenvalue weighted by Gasteiger charge is -2.36. The lowest BCUT2D eigenvalue weighted by atomic mass is 10.1. The van der Waals surface area contributed by atoms with Gasteiger partial charge in [0.15, 0.2) is 0 Å². The number of carbonyl (C=O) groups excluding carboxylic acids is 1. The Morgan fingerprint density at radius 2 is 2.03 bits per heavy atom. The van der Waals surface area contributed by atoms with E-state index in [1.54, 1.807) is 43.4 Å². The largest absolute Gasteiger partial charge is 0.497 e. The Labute approximate surface area is 179 Å². The van der Waals surface area contributed by atoms with Crippen molar-refractivity contribution in [2.45, 2.75) is 32.2 Å². The van der Waals surface area contributed by atoms with E-state index in [1.165, 1.54) is 0 Å². The first-order valence-corrected chi connectivity index (χ1v) is 10.5. The molecule has 170 valence electrons. The van der Waals surface area contributed by atoms with Crippen LogP contribution in [0.15, 0.2) is 24.3 Å². The molecule has 1 N–H and O–H groups in total. The SMILES string of the molecule is COCCN(C[C@H]1CN(C[C@H](O)COC(C)C)CCO1)C(=O)c1ccc(OC)cc1. The minimum Gasteiger partial charge on any atom is -0.497 e. The molecular formula is C22H36N2O6. The molecule has 0 bridgehead atoms. The van der Waals surface area contributed by atoms with Crippen LogP contribution in [-0.2, 0) is 14.2 Å². The first-order valence-electron chi connectivity index (χ1n) is 10.5. The maximum atomic E-state index is 13.0. The van der Waals surface area contributed by atoms with Crippen molar-refractivity contribution in [3.63, 3.8) is 0 Å². The molecule has 0 saturated carbocycles. The topological polar surface area (TPSA) is 80.7 Å². The van der Waals surface area contributed by atoms with Crippen molar-refractivity contribution in [3.05, 3.63) is 29.8 Å². The Morgan fingerprint density at radius 3 is 2.67 bits per heavy atom. The highest BCUT2D eigenvalue weighted by atomic mass is 16.5. The summed E-state index contributed by atoms with van der Waals surface area (Å²) < 4.78 is 21.8. The maximum Gasteiger partial charge on any atom is 0.254 e. The zero-order chi connectivity index (χ0) is 21.9. The summed E-state index contributed by atoms with van der Waals surface area (Å²) in [6.07, 6.45) is -0.580. The fraction of sp³-hybridized carbons (Fsp3) is 0.682. The quantitative estimate of drug-likeness (QED) is 0.541. The van der Waals surface area contributed by atoms with Gasteiger partial charge in [-0.3, -0.25) is 9.69 Å². The summed E-state index contributed by atoms with van der Waals surface area (Å²) >= 11 is 0. The number of aliphatic hydroxyl groups is 1. The molecule has 0 unspecified atom stereocenters. The second-order valence-electron chi connectivity index (χ2n) is 7.76. The standard InChI is InChI=1S/C22H36N2O6/c1-17(2)30-16-19(25)13-23-9-12-29-21(14-23)15-24(10-11-27-3)22(26)18-5-7-20(28-4)8-6-18/h5-8,17,19,21,25H,9-16H2,1-4H3/t19-,21+/m0/s1. The lowest BCUT2D eigenvalue weighted by molar-refractivity contribution is -0.0634. The number of rotatable bonds is 12. The van der Waals surface area contributed by atoms with Crippen molar-refractivity contribution in [1.29, 1.82) is 0 Å². The molecular weight excluding hydrogens is 388 g/mol. The van der Waals surface area contributed by atoms with E-state index >= 15 is 0 Å². The predicted molar refractivity (Wildman–Crippen MR) is 114 cm³/mol. The molecule has 0 aliphatic carbocycles. The molecule has 8 nitrogen and oxygen atoms in total. The molecule has 1 fully saturated rings. The molecule has 2 rings (SSSR count). The molecule has 1 aliphatic rings. The first-order chi connectivity index (χ1) is 14.4. The average Bonchev–Trinajstić information content (AvgIpc) is 2.75. The van der Waals surface area contributed by atoms with Gasteiger partial charge in [0.05, 0.1) is 45.2 Å². The number of nitrogens with zero attached hydrogens (tertiary/aromatic N) is 2. The van der Waals surface area contributed by atoms with Crippen LogP contribution >= 0.6 is 0 Å². The molecule has 0 radical (unpaired) electrons. The molecule has 1 aromatic carbocycles. The van der Waals surface area contributed by atoms with Gasteiger partial charge in [0.2, 0.25) is 0 Å². The number of hydrogen-bond donors (Lipinski definition) is 1. The number of amides is 1. The Kier molecular flexibility index (Phi) is 10.5. The number of ether oxygens (including phenoxy) is 4. The molecule has 1 heterocycles. The van der Waals surface area contributed by atoms with Gasteiger partial charge in [-0.15, -0.1) is 0 Å². The van der Waals surface area contributed by atoms with E-state index in [0.717, 1.165) is 6.54 Å². The normalized spacial score (nSPS) is 18.4. The third kappa shape index (κ3) is 8.20. The van der Waals surface area contributed by atoms with Gasteiger partial charge in [-0.1, -0.05) is 0 Å². The number of morpholine rings is 1. The number of methoxy groups -OCH3 is 2. The maximum absolute atomic E-state index is 13.0. The van der Waals surface area contributed by atoms with Gasteiger partial charge in [-0.05, 0) is 38.1 Å². The van der Waals surface area contributed by atoms with Gasteiger partial charge in [-0.2, -0.15) is 0 Å². The number of aliphatic hydroxyl groups excluding tert-OH is 1. The van der Waals surface area contributed by atoms with Crippen molar-refractivity contribution in [1.82, 2.24) is 9.80 Å². The Bertz CT molecular complexity index is 625. The van der Waals surface area contributed by atoms with Crippen LogP contribution in [0.1, 0.15) is 24.2 Å².